The van der Waals surface area contributed by atoms with Crippen molar-refractivity contribution in [2.45, 2.75) is 26.3 Å². The Labute approximate surface area is 157 Å². The second-order valence-corrected chi connectivity index (χ2v) is 7.77. The Balaban J connectivity index is 1.48. The van der Waals surface area contributed by atoms with E-state index >= 15 is 0 Å². The van der Waals surface area contributed by atoms with Crippen LogP contribution in [-0.4, -0.2) is 59.9 Å². The monoisotopic (exact) mass is 375 g/mol. The molecule has 1 aliphatic rings. The van der Waals surface area contributed by atoms with Gasteiger partial charge in [-0.05, 0) is 38.9 Å². The molecular formula is C19H25N3O3S. The topological polar surface area (TPSA) is 62.7 Å². The molecule has 2 aromatic rings. The molecule has 6 nitrogen and oxygen atoms in total. The number of fused-ring (bicyclic) bond motifs is 1. The van der Waals surface area contributed by atoms with Gasteiger partial charge >= 0.3 is 5.97 Å². The van der Waals surface area contributed by atoms with E-state index in [0.29, 0.717) is 45.6 Å². The summed E-state index contributed by atoms with van der Waals surface area (Å²) in [6.45, 7) is 4.49. The molecule has 0 unspecified atom stereocenters. The van der Waals surface area contributed by atoms with Crippen LogP contribution in [0.1, 0.15) is 24.8 Å². The minimum absolute atomic E-state index is 0.0699. The first kappa shape index (κ1) is 18.8. The van der Waals surface area contributed by atoms with Crippen LogP contribution in [0.2, 0.25) is 0 Å². The number of ether oxygens (including phenoxy) is 1. The molecule has 26 heavy (non-hydrogen) atoms. The molecule has 3 rings (SSSR count). The highest BCUT2D eigenvalue weighted by Gasteiger charge is 2.28. The maximum Gasteiger partial charge on any atom is 0.309 e. The first-order valence-corrected chi connectivity index (χ1v) is 9.86. The van der Waals surface area contributed by atoms with E-state index in [1.165, 1.54) is 4.70 Å². The lowest BCUT2D eigenvalue weighted by Crippen LogP contribution is -2.44. The molecule has 1 amide bonds. The fourth-order valence-electron chi connectivity index (χ4n) is 3.23. The molecule has 0 atom stereocenters. The predicted molar refractivity (Wildman–Crippen MR) is 102 cm³/mol. The van der Waals surface area contributed by atoms with Gasteiger partial charge in [0, 0.05) is 13.1 Å². The fraction of sp³-hybridized carbons (Fsp3) is 0.526. The number of carbonyl (C=O) groups is 2. The van der Waals surface area contributed by atoms with Gasteiger partial charge in [-0.2, -0.15) is 0 Å². The zero-order valence-corrected chi connectivity index (χ0v) is 16.1. The van der Waals surface area contributed by atoms with Crippen LogP contribution in [0, 0.1) is 5.92 Å². The Morgan fingerprint density at radius 3 is 2.73 bits per heavy atom. The summed E-state index contributed by atoms with van der Waals surface area (Å²) in [4.78, 5) is 32.8. The molecule has 2 heterocycles. The first-order valence-electron chi connectivity index (χ1n) is 9.04. The summed E-state index contributed by atoms with van der Waals surface area (Å²) in [5.41, 5.74) is 1.01. The number of para-hydroxylation sites is 1. The number of thiazole rings is 1. The highest BCUT2D eigenvalue weighted by molar-refractivity contribution is 7.18. The third-order valence-corrected chi connectivity index (χ3v) is 5.64. The van der Waals surface area contributed by atoms with E-state index in [4.69, 9.17) is 4.74 Å². The molecule has 7 heteroatoms. The minimum atomic E-state index is -0.132. The molecule has 0 bridgehead atoms. The van der Waals surface area contributed by atoms with Crippen molar-refractivity contribution < 1.29 is 14.3 Å². The molecule has 1 aromatic heterocycles. The van der Waals surface area contributed by atoms with E-state index < -0.39 is 0 Å². The summed E-state index contributed by atoms with van der Waals surface area (Å²) < 4.78 is 6.25. The first-order chi connectivity index (χ1) is 12.6. The van der Waals surface area contributed by atoms with Crippen molar-refractivity contribution in [1.29, 1.82) is 0 Å². The van der Waals surface area contributed by atoms with E-state index in [-0.39, 0.29) is 17.8 Å². The zero-order valence-electron chi connectivity index (χ0n) is 15.3. The number of benzene rings is 1. The second-order valence-electron chi connectivity index (χ2n) is 6.65. The van der Waals surface area contributed by atoms with Gasteiger partial charge in [0.15, 0.2) is 0 Å². The van der Waals surface area contributed by atoms with Crippen LogP contribution >= 0.6 is 11.3 Å². The van der Waals surface area contributed by atoms with Crippen LogP contribution in [0.15, 0.2) is 24.3 Å². The van der Waals surface area contributed by atoms with Gasteiger partial charge in [0.1, 0.15) is 5.01 Å². The highest BCUT2D eigenvalue weighted by Crippen LogP contribution is 2.23. The average Bonchev–Trinajstić information content (AvgIpc) is 3.04. The van der Waals surface area contributed by atoms with Crippen molar-refractivity contribution in [1.82, 2.24) is 14.8 Å². The van der Waals surface area contributed by atoms with Crippen LogP contribution in [0.4, 0.5) is 0 Å². The summed E-state index contributed by atoms with van der Waals surface area (Å²) >= 11 is 1.67. The van der Waals surface area contributed by atoms with E-state index in [1.54, 1.807) is 11.3 Å². The van der Waals surface area contributed by atoms with Gasteiger partial charge < -0.3 is 9.64 Å². The molecule has 0 radical (unpaired) electrons. The molecule has 140 valence electrons. The molecule has 1 aliphatic heterocycles. The van der Waals surface area contributed by atoms with E-state index in [9.17, 15) is 9.59 Å². The maximum atomic E-state index is 12.5. The van der Waals surface area contributed by atoms with Crippen LogP contribution in [0.5, 0.6) is 0 Å². The van der Waals surface area contributed by atoms with Crippen LogP contribution in [-0.2, 0) is 20.9 Å². The van der Waals surface area contributed by atoms with Crippen LogP contribution in [0.3, 0.4) is 0 Å². The molecule has 1 saturated heterocycles. The highest BCUT2D eigenvalue weighted by atomic mass is 32.1. The summed E-state index contributed by atoms with van der Waals surface area (Å²) in [5.74, 6) is -0.0945. The minimum Gasteiger partial charge on any atom is -0.466 e. The number of esters is 1. The van der Waals surface area contributed by atoms with E-state index in [2.05, 4.69) is 11.1 Å². The Hall–Kier alpha value is -1.99. The van der Waals surface area contributed by atoms with Crippen molar-refractivity contribution >= 4 is 33.4 Å². The summed E-state index contributed by atoms with van der Waals surface area (Å²) in [6, 6.07) is 8.07. The number of nitrogens with zero attached hydrogens (tertiary/aromatic N) is 3. The summed E-state index contributed by atoms with van der Waals surface area (Å²) in [6.07, 6.45) is 1.37. The SMILES string of the molecule is CCOC(=O)C1CCN(C(=O)CN(C)Cc2nc3ccccc3s2)CC1. The number of aromatic nitrogens is 1. The number of rotatable bonds is 6. The molecule has 1 fully saturated rings. The fourth-order valence-corrected chi connectivity index (χ4v) is 4.28. The zero-order chi connectivity index (χ0) is 18.5. The van der Waals surface area contributed by atoms with Gasteiger partial charge in [-0.3, -0.25) is 14.5 Å². The Kier molecular flexibility index (Phi) is 6.21. The quantitative estimate of drug-likeness (QED) is 0.726. The van der Waals surface area contributed by atoms with E-state index in [0.717, 1.165) is 10.5 Å². The van der Waals surface area contributed by atoms with E-state index in [1.807, 2.05) is 42.0 Å². The van der Waals surface area contributed by atoms with Crippen LogP contribution in [0.25, 0.3) is 10.2 Å². The number of piperidine rings is 1. The standard InChI is InChI=1S/C19H25N3O3S/c1-3-25-19(24)14-8-10-22(11-9-14)18(23)13-21(2)12-17-20-15-6-4-5-7-16(15)26-17/h4-7,14H,3,8-13H2,1-2H3. The van der Waals surface area contributed by atoms with Gasteiger partial charge in [0.2, 0.25) is 5.91 Å². The smallest absolute Gasteiger partial charge is 0.309 e. The summed E-state index contributed by atoms with van der Waals surface area (Å²) in [7, 11) is 1.94. The Morgan fingerprint density at radius 2 is 2.04 bits per heavy atom. The Morgan fingerprint density at radius 1 is 1.31 bits per heavy atom. The second kappa shape index (κ2) is 8.60. The number of likely N-dealkylation sites (N-methyl/N-ethyl adjacent to an activating group) is 1. The Bertz CT molecular complexity index is 735. The van der Waals surface area contributed by atoms with Gasteiger partial charge in [0.25, 0.3) is 0 Å². The molecule has 0 N–H and O–H groups in total. The normalized spacial score (nSPS) is 15.6. The predicted octanol–water partition coefficient (Wildman–Crippen LogP) is 2.53. The molecule has 1 aromatic carbocycles. The summed E-state index contributed by atoms with van der Waals surface area (Å²) in [5, 5.41) is 1.02. The van der Waals surface area contributed by atoms with Crippen LogP contribution < -0.4 is 0 Å². The van der Waals surface area contributed by atoms with Crippen molar-refractivity contribution in [2.24, 2.45) is 5.92 Å². The number of likely N-dealkylation sites (tertiary alicyclic amines) is 1. The maximum absolute atomic E-state index is 12.5. The van der Waals surface area contributed by atoms with Crippen molar-refractivity contribution in [2.75, 3.05) is 33.3 Å². The largest absolute Gasteiger partial charge is 0.466 e. The van der Waals surface area contributed by atoms with Crippen molar-refractivity contribution in [3.8, 4) is 0 Å². The third-order valence-electron chi connectivity index (χ3n) is 4.62. The number of hydrogen-bond donors (Lipinski definition) is 0. The van der Waals surface area contributed by atoms with Gasteiger partial charge in [-0.25, -0.2) is 4.98 Å². The molecule has 0 spiro atoms. The number of amides is 1. The lowest BCUT2D eigenvalue weighted by atomic mass is 9.97. The number of hydrogen-bond acceptors (Lipinski definition) is 6. The lowest BCUT2D eigenvalue weighted by Gasteiger charge is -2.32. The molecular weight excluding hydrogens is 350 g/mol. The van der Waals surface area contributed by atoms with Crippen molar-refractivity contribution in [3.63, 3.8) is 0 Å². The van der Waals surface area contributed by atoms with Gasteiger partial charge in [0.05, 0.1) is 35.8 Å². The lowest BCUT2D eigenvalue weighted by molar-refractivity contribution is -0.151. The third kappa shape index (κ3) is 4.59. The molecule has 0 aliphatic carbocycles. The molecule has 0 saturated carbocycles. The number of carbonyl (C=O) groups excluding carboxylic acids is 2. The van der Waals surface area contributed by atoms with Gasteiger partial charge in [-0.15, -0.1) is 11.3 Å². The van der Waals surface area contributed by atoms with Crippen molar-refractivity contribution in [3.05, 3.63) is 29.3 Å². The average molecular weight is 375 g/mol. The van der Waals surface area contributed by atoms with Gasteiger partial charge in [-0.1, -0.05) is 12.1 Å².